The lowest BCUT2D eigenvalue weighted by Crippen LogP contribution is -2.41. The molecule has 1 fully saturated rings. The van der Waals surface area contributed by atoms with Gasteiger partial charge in [-0.25, -0.2) is 0 Å². The Balaban J connectivity index is 1.89. The summed E-state index contributed by atoms with van der Waals surface area (Å²) in [6, 6.07) is 8.05. The molecular weight excluding hydrogens is 196 g/mol. The van der Waals surface area contributed by atoms with E-state index in [0.717, 1.165) is 25.3 Å². The Kier molecular flexibility index (Phi) is 3.30. The Morgan fingerprint density at radius 3 is 2.44 bits per heavy atom. The molecular formula is C14H19N2. The number of likely N-dealkylation sites (tertiary alicyclic amines) is 1. The van der Waals surface area contributed by atoms with Gasteiger partial charge in [-0.3, -0.25) is 4.90 Å². The molecule has 2 N–H and O–H groups in total. The minimum Gasteiger partial charge on any atom is -0.399 e. The highest BCUT2D eigenvalue weighted by molar-refractivity contribution is 5.57. The van der Waals surface area contributed by atoms with Crippen LogP contribution in [-0.4, -0.2) is 24.5 Å². The molecule has 1 heterocycles. The van der Waals surface area contributed by atoms with Gasteiger partial charge in [-0.05, 0) is 29.2 Å². The van der Waals surface area contributed by atoms with Crippen LogP contribution >= 0.6 is 0 Å². The lowest BCUT2D eigenvalue weighted by molar-refractivity contribution is 0.262. The molecule has 1 radical (unpaired) electrons. The Hall–Kier alpha value is -1.28. The summed E-state index contributed by atoms with van der Waals surface area (Å²) in [7, 11) is 0. The van der Waals surface area contributed by atoms with Gasteiger partial charge in [0.05, 0.1) is 0 Å². The van der Waals surface area contributed by atoms with E-state index in [4.69, 9.17) is 5.73 Å². The first-order chi connectivity index (χ1) is 7.63. The van der Waals surface area contributed by atoms with Crippen LogP contribution in [0, 0.1) is 5.92 Å². The quantitative estimate of drug-likeness (QED) is 0.785. The van der Waals surface area contributed by atoms with Crippen molar-refractivity contribution in [3.63, 3.8) is 0 Å². The van der Waals surface area contributed by atoms with E-state index >= 15 is 0 Å². The predicted octanol–water partition coefficient (Wildman–Crippen LogP) is 2.58. The van der Waals surface area contributed by atoms with E-state index in [1.54, 1.807) is 0 Å². The highest BCUT2D eigenvalue weighted by Gasteiger charge is 2.20. The van der Waals surface area contributed by atoms with Gasteiger partial charge < -0.3 is 5.73 Å². The fourth-order valence-corrected chi connectivity index (χ4v) is 2.01. The lowest BCUT2D eigenvalue weighted by Gasteiger charge is -2.35. The number of nitrogens with zero attached hydrogens (tertiary/aromatic N) is 1. The molecule has 0 amide bonds. The summed E-state index contributed by atoms with van der Waals surface area (Å²) in [6.45, 7) is 7.70. The molecule has 0 aromatic heterocycles. The summed E-state index contributed by atoms with van der Waals surface area (Å²) in [6.07, 6.45) is 2.26. The van der Waals surface area contributed by atoms with Crippen molar-refractivity contribution < 1.29 is 0 Å². The molecule has 1 aromatic rings. The largest absolute Gasteiger partial charge is 0.399 e. The fraction of sp³-hybridized carbons (Fsp3) is 0.357. The minimum atomic E-state index is 0.827. The summed E-state index contributed by atoms with van der Waals surface area (Å²) < 4.78 is 0. The number of hydrogen-bond donors (Lipinski definition) is 1. The van der Waals surface area contributed by atoms with Gasteiger partial charge in [0.25, 0.3) is 0 Å². The highest BCUT2D eigenvalue weighted by atomic mass is 15.2. The van der Waals surface area contributed by atoms with E-state index in [0.29, 0.717) is 0 Å². The van der Waals surface area contributed by atoms with E-state index in [1.165, 1.54) is 17.1 Å². The van der Waals surface area contributed by atoms with Crippen molar-refractivity contribution in [2.75, 3.05) is 25.4 Å². The molecule has 1 saturated heterocycles. The molecule has 2 nitrogen and oxygen atoms in total. The van der Waals surface area contributed by atoms with Crippen LogP contribution in [0.4, 0.5) is 5.69 Å². The first kappa shape index (κ1) is 11.2. The summed E-state index contributed by atoms with van der Waals surface area (Å²) in [5.41, 5.74) is 9.23. The number of benzene rings is 1. The van der Waals surface area contributed by atoms with Crippen molar-refractivity contribution in [3.05, 3.63) is 41.3 Å². The van der Waals surface area contributed by atoms with Crippen molar-refractivity contribution >= 4 is 11.8 Å². The van der Waals surface area contributed by atoms with Crippen molar-refractivity contribution in [3.8, 4) is 0 Å². The number of rotatable bonds is 3. The third-order valence-electron chi connectivity index (χ3n) is 2.70. The zero-order valence-corrected chi connectivity index (χ0v) is 10.0. The van der Waals surface area contributed by atoms with Crippen LogP contribution in [0.2, 0.25) is 0 Å². The lowest BCUT2D eigenvalue weighted by atomic mass is 10.0. The standard InChI is InChI=1S/C14H19N2/c1-11(2)8-16-9-13(10-16)7-12-3-5-14(15)6-4-12/h3-7H,8-10,15H2,1-2H3. The number of anilines is 1. The van der Waals surface area contributed by atoms with Crippen LogP contribution in [0.3, 0.4) is 0 Å². The molecule has 85 valence electrons. The average Bonchev–Trinajstić information content (AvgIpc) is 2.17. The van der Waals surface area contributed by atoms with Gasteiger partial charge in [-0.1, -0.05) is 32.1 Å². The molecule has 1 aliphatic rings. The summed E-state index contributed by atoms with van der Waals surface area (Å²) in [4.78, 5) is 2.44. The number of nitrogen functional groups attached to an aromatic ring is 1. The van der Waals surface area contributed by atoms with Crippen LogP contribution in [0.15, 0.2) is 29.8 Å². The van der Waals surface area contributed by atoms with Gasteiger partial charge in [0.2, 0.25) is 0 Å². The maximum absolute atomic E-state index is 5.65. The second-order valence-electron chi connectivity index (χ2n) is 4.82. The molecule has 0 bridgehead atoms. The van der Waals surface area contributed by atoms with Crippen molar-refractivity contribution in [1.29, 1.82) is 0 Å². The van der Waals surface area contributed by atoms with Crippen LogP contribution in [0.1, 0.15) is 19.4 Å². The molecule has 0 unspecified atom stereocenters. The van der Waals surface area contributed by atoms with E-state index < -0.39 is 0 Å². The van der Waals surface area contributed by atoms with Crippen molar-refractivity contribution in [2.45, 2.75) is 13.8 Å². The monoisotopic (exact) mass is 215 g/mol. The Morgan fingerprint density at radius 1 is 1.25 bits per heavy atom. The minimum absolute atomic E-state index is 0.827. The SMILES string of the molecule is C[C](C)CN1CC(=Cc2ccc(N)cc2)C1. The fourth-order valence-electron chi connectivity index (χ4n) is 2.01. The molecule has 0 atom stereocenters. The van der Waals surface area contributed by atoms with Gasteiger partial charge in [0.15, 0.2) is 0 Å². The Morgan fingerprint density at radius 2 is 1.88 bits per heavy atom. The molecule has 2 heteroatoms. The molecule has 1 aromatic carbocycles. The number of hydrogen-bond acceptors (Lipinski definition) is 2. The van der Waals surface area contributed by atoms with Crippen LogP contribution in [0.5, 0.6) is 0 Å². The van der Waals surface area contributed by atoms with Gasteiger partial charge in [-0.2, -0.15) is 0 Å². The van der Waals surface area contributed by atoms with Crippen molar-refractivity contribution in [2.24, 2.45) is 0 Å². The number of nitrogens with two attached hydrogens (primary N) is 1. The van der Waals surface area contributed by atoms with Crippen molar-refractivity contribution in [1.82, 2.24) is 4.90 Å². The second-order valence-corrected chi connectivity index (χ2v) is 4.82. The predicted molar refractivity (Wildman–Crippen MR) is 69.9 cm³/mol. The third-order valence-corrected chi connectivity index (χ3v) is 2.70. The molecule has 2 rings (SSSR count). The average molecular weight is 215 g/mol. The summed E-state index contributed by atoms with van der Waals surface area (Å²) >= 11 is 0. The second kappa shape index (κ2) is 4.71. The molecule has 0 aliphatic carbocycles. The van der Waals surface area contributed by atoms with Crippen LogP contribution in [0.25, 0.3) is 6.08 Å². The van der Waals surface area contributed by atoms with Gasteiger partial charge in [-0.15, -0.1) is 0 Å². The van der Waals surface area contributed by atoms with E-state index in [1.807, 2.05) is 12.1 Å². The Bertz CT molecular complexity index is 368. The van der Waals surface area contributed by atoms with E-state index in [9.17, 15) is 0 Å². The normalized spacial score (nSPS) is 16.3. The molecule has 0 saturated carbocycles. The van der Waals surface area contributed by atoms with Crippen LogP contribution in [-0.2, 0) is 0 Å². The van der Waals surface area contributed by atoms with E-state index in [2.05, 4.69) is 37.0 Å². The smallest absolute Gasteiger partial charge is 0.0314 e. The third kappa shape index (κ3) is 2.86. The molecule has 16 heavy (non-hydrogen) atoms. The maximum Gasteiger partial charge on any atom is 0.0314 e. The van der Waals surface area contributed by atoms with E-state index in [-0.39, 0.29) is 0 Å². The first-order valence-electron chi connectivity index (χ1n) is 5.70. The Labute approximate surface area is 97.8 Å². The zero-order valence-electron chi connectivity index (χ0n) is 10.0. The topological polar surface area (TPSA) is 29.3 Å². The van der Waals surface area contributed by atoms with Gasteiger partial charge in [0, 0.05) is 25.3 Å². The van der Waals surface area contributed by atoms with Gasteiger partial charge >= 0.3 is 0 Å². The maximum atomic E-state index is 5.65. The summed E-state index contributed by atoms with van der Waals surface area (Å²) in [5.74, 6) is 1.48. The highest BCUT2D eigenvalue weighted by Crippen LogP contribution is 2.19. The summed E-state index contributed by atoms with van der Waals surface area (Å²) in [5, 5.41) is 0. The van der Waals surface area contributed by atoms with Crippen LogP contribution < -0.4 is 5.73 Å². The molecule has 0 spiro atoms. The molecule has 1 aliphatic heterocycles. The zero-order chi connectivity index (χ0) is 11.5. The first-order valence-corrected chi connectivity index (χ1v) is 5.70. The van der Waals surface area contributed by atoms with Gasteiger partial charge in [0.1, 0.15) is 0 Å².